The van der Waals surface area contributed by atoms with Crippen LogP contribution < -0.4 is 10.3 Å². The number of benzene rings is 2. The summed E-state index contributed by atoms with van der Waals surface area (Å²) in [5.41, 5.74) is 0.253. The Hall–Kier alpha value is -2.28. The first kappa shape index (κ1) is 15.6. The van der Waals surface area contributed by atoms with Crippen molar-refractivity contribution in [2.75, 3.05) is 11.6 Å². The molecule has 1 heterocycles. The zero-order valence-corrected chi connectivity index (χ0v) is 13.5. The van der Waals surface area contributed by atoms with Gasteiger partial charge in [-0.3, -0.25) is 9.80 Å². The monoisotopic (exact) mass is 379 g/mol. The molecule has 0 unspecified atom stereocenters. The Labute approximate surface area is 139 Å². The van der Waals surface area contributed by atoms with Crippen molar-refractivity contribution in [3.8, 4) is 0 Å². The summed E-state index contributed by atoms with van der Waals surface area (Å²) in [5, 5.41) is 7.99. The van der Waals surface area contributed by atoms with Crippen molar-refractivity contribution >= 4 is 33.4 Å². The van der Waals surface area contributed by atoms with Crippen LogP contribution in [-0.2, 0) is 0 Å². The van der Waals surface area contributed by atoms with Gasteiger partial charge in [0, 0.05) is 17.4 Å². The number of hydrazone groups is 1. The van der Waals surface area contributed by atoms with Crippen LogP contribution in [0.15, 0.2) is 52.0 Å². The summed E-state index contributed by atoms with van der Waals surface area (Å²) >= 11 is 3.30. The van der Waals surface area contributed by atoms with Gasteiger partial charge >= 0.3 is 0 Å². The smallest absolute Gasteiger partial charge is 0.257 e. The molecule has 2 aromatic carbocycles. The average Bonchev–Trinajstić information content (AvgIpc) is 2.95. The van der Waals surface area contributed by atoms with Crippen molar-refractivity contribution < 1.29 is 13.6 Å². The first-order valence-corrected chi connectivity index (χ1v) is 7.70. The maximum absolute atomic E-state index is 13.8. The standard InChI is InChI=1S/C16H12BrF2N3O/c17-11-5-2-1-4-10(11)16(23)20-14-8-9-22(21-14)15-12(18)6-3-7-13(15)19/h1-7H,8-9H2,(H,20,21,23). The predicted octanol–water partition coefficient (Wildman–Crippen LogP) is 3.68. The molecule has 7 heteroatoms. The van der Waals surface area contributed by atoms with E-state index < -0.39 is 11.6 Å². The maximum Gasteiger partial charge on any atom is 0.257 e. The number of halogens is 3. The normalized spacial score (nSPS) is 13.9. The minimum atomic E-state index is -0.688. The number of anilines is 1. The first-order valence-electron chi connectivity index (χ1n) is 6.91. The molecule has 0 aliphatic carbocycles. The Morgan fingerprint density at radius 3 is 2.52 bits per heavy atom. The molecule has 118 valence electrons. The molecule has 3 rings (SSSR count). The summed E-state index contributed by atoms with van der Waals surface area (Å²) in [4.78, 5) is 12.2. The molecule has 0 saturated heterocycles. The third-order valence-corrected chi connectivity index (χ3v) is 4.07. The van der Waals surface area contributed by atoms with Crippen molar-refractivity contribution in [3.05, 3.63) is 64.1 Å². The molecule has 0 bridgehead atoms. The number of hydrogen-bond acceptors (Lipinski definition) is 3. The zero-order valence-electron chi connectivity index (χ0n) is 11.9. The molecule has 1 aliphatic heterocycles. The van der Waals surface area contributed by atoms with E-state index in [4.69, 9.17) is 0 Å². The SMILES string of the molecule is O=C(NC1=NN(c2c(F)cccc2F)CC1)c1ccccc1Br. The Morgan fingerprint density at radius 1 is 1.13 bits per heavy atom. The van der Waals surface area contributed by atoms with E-state index in [-0.39, 0.29) is 11.6 Å². The summed E-state index contributed by atoms with van der Waals surface area (Å²) in [7, 11) is 0. The molecular formula is C16H12BrF2N3O. The molecular weight excluding hydrogens is 368 g/mol. The number of hydrogen-bond donors (Lipinski definition) is 1. The van der Waals surface area contributed by atoms with Crippen LogP contribution in [0.4, 0.5) is 14.5 Å². The molecule has 1 aliphatic rings. The number of carbonyl (C=O) groups excluding carboxylic acids is 1. The summed E-state index contributed by atoms with van der Waals surface area (Å²) < 4.78 is 28.2. The van der Waals surface area contributed by atoms with Crippen molar-refractivity contribution in [2.24, 2.45) is 5.10 Å². The van der Waals surface area contributed by atoms with Crippen LogP contribution in [0.1, 0.15) is 16.8 Å². The van der Waals surface area contributed by atoms with E-state index >= 15 is 0 Å². The van der Waals surface area contributed by atoms with Gasteiger partial charge in [-0.2, -0.15) is 5.10 Å². The summed E-state index contributed by atoms with van der Waals surface area (Å²) in [6.07, 6.45) is 0.393. The second-order valence-electron chi connectivity index (χ2n) is 4.92. The first-order chi connectivity index (χ1) is 11.1. The predicted molar refractivity (Wildman–Crippen MR) is 87.4 cm³/mol. The van der Waals surface area contributed by atoms with Gasteiger partial charge in [0.1, 0.15) is 11.5 Å². The lowest BCUT2D eigenvalue weighted by Crippen LogP contribution is -2.29. The Kier molecular flexibility index (Phi) is 4.38. The lowest BCUT2D eigenvalue weighted by atomic mass is 10.2. The second kappa shape index (κ2) is 6.45. The molecule has 0 spiro atoms. The van der Waals surface area contributed by atoms with E-state index in [1.54, 1.807) is 24.3 Å². The van der Waals surface area contributed by atoms with Gasteiger partial charge < -0.3 is 5.32 Å². The van der Waals surface area contributed by atoms with Gasteiger partial charge in [0.15, 0.2) is 11.6 Å². The quantitative estimate of drug-likeness (QED) is 0.864. The molecule has 0 atom stereocenters. The topological polar surface area (TPSA) is 44.7 Å². The van der Waals surface area contributed by atoms with Crippen LogP contribution >= 0.6 is 15.9 Å². The van der Waals surface area contributed by atoms with Crippen LogP contribution in [0.5, 0.6) is 0 Å². The fraction of sp³-hybridized carbons (Fsp3) is 0.125. The van der Waals surface area contributed by atoms with E-state index in [1.807, 2.05) is 0 Å². The largest absolute Gasteiger partial charge is 0.309 e. The molecule has 23 heavy (non-hydrogen) atoms. The number of amides is 1. The van der Waals surface area contributed by atoms with Gasteiger partial charge in [-0.05, 0) is 40.2 Å². The minimum absolute atomic E-state index is 0.211. The molecule has 1 amide bonds. The zero-order chi connectivity index (χ0) is 16.4. The highest BCUT2D eigenvalue weighted by molar-refractivity contribution is 9.10. The number of nitrogens with zero attached hydrogens (tertiary/aromatic N) is 2. The van der Waals surface area contributed by atoms with Gasteiger partial charge in [-0.15, -0.1) is 0 Å². The van der Waals surface area contributed by atoms with E-state index in [2.05, 4.69) is 26.3 Å². The molecule has 0 radical (unpaired) electrons. The van der Waals surface area contributed by atoms with Gasteiger partial charge in [-0.1, -0.05) is 18.2 Å². The van der Waals surface area contributed by atoms with E-state index in [0.29, 0.717) is 28.8 Å². The third-order valence-electron chi connectivity index (χ3n) is 3.37. The molecule has 0 saturated carbocycles. The number of carbonyl (C=O) groups is 1. The Bertz CT molecular complexity index is 774. The van der Waals surface area contributed by atoms with Crippen LogP contribution in [0.25, 0.3) is 0 Å². The van der Waals surface area contributed by atoms with Crippen LogP contribution in [0.2, 0.25) is 0 Å². The van der Waals surface area contributed by atoms with E-state index in [1.165, 1.54) is 23.2 Å². The van der Waals surface area contributed by atoms with Gasteiger partial charge in [0.2, 0.25) is 0 Å². The van der Waals surface area contributed by atoms with Gasteiger partial charge in [0.25, 0.3) is 5.91 Å². The lowest BCUT2D eigenvalue weighted by Gasteiger charge is -2.14. The van der Waals surface area contributed by atoms with Crippen molar-refractivity contribution in [3.63, 3.8) is 0 Å². The molecule has 4 nitrogen and oxygen atoms in total. The maximum atomic E-state index is 13.8. The van der Waals surface area contributed by atoms with Gasteiger partial charge in [-0.25, -0.2) is 8.78 Å². The summed E-state index contributed by atoms with van der Waals surface area (Å²) in [6.45, 7) is 0.295. The second-order valence-corrected chi connectivity index (χ2v) is 5.78. The highest BCUT2D eigenvalue weighted by Gasteiger charge is 2.23. The molecule has 2 aromatic rings. The van der Waals surface area contributed by atoms with Gasteiger partial charge in [0.05, 0.1) is 5.56 Å². The third kappa shape index (κ3) is 3.24. The minimum Gasteiger partial charge on any atom is -0.309 e. The average molecular weight is 380 g/mol. The lowest BCUT2D eigenvalue weighted by molar-refractivity contribution is 0.0976. The molecule has 1 N–H and O–H groups in total. The molecule has 0 fully saturated rings. The van der Waals surface area contributed by atoms with E-state index in [9.17, 15) is 13.6 Å². The number of para-hydroxylation sites is 1. The fourth-order valence-electron chi connectivity index (χ4n) is 2.29. The van der Waals surface area contributed by atoms with Crippen molar-refractivity contribution in [1.82, 2.24) is 5.32 Å². The summed E-state index contributed by atoms with van der Waals surface area (Å²) in [5.74, 6) is -1.33. The highest BCUT2D eigenvalue weighted by Crippen LogP contribution is 2.26. The van der Waals surface area contributed by atoms with Crippen molar-refractivity contribution in [1.29, 1.82) is 0 Å². The molecule has 0 aromatic heterocycles. The van der Waals surface area contributed by atoms with Crippen LogP contribution in [0, 0.1) is 11.6 Å². The number of amidine groups is 1. The van der Waals surface area contributed by atoms with Crippen molar-refractivity contribution in [2.45, 2.75) is 6.42 Å². The Balaban J connectivity index is 1.78. The number of rotatable bonds is 2. The van der Waals surface area contributed by atoms with E-state index in [0.717, 1.165) is 0 Å². The van der Waals surface area contributed by atoms with Crippen LogP contribution in [0.3, 0.4) is 0 Å². The Morgan fingerprint density at radius 2 is 1.83 bits per heavy atom. The van der Waals surface area contributed by atoms with Crippen LogP contribution in [-0.4, -0.2) is 18.3 Å². The fourth-order valence-corrected chi connectivity index (χ4v) is 2.75. The summed E-state index contributed by atoms with van der Waals surface area (Å²) in [6, 6.07) is 10.6. The highest BCUT2D eigenvalue weighted by atomic mass is 79.9. The number of nitrogens with one attached hydrogen (secondary N) is 1.